The molecule has 2 heterocycles. The number of piperazine rings is 1. The zero-order valence-corrected chi connectivity index (χ0v) is 14.4. The van der Waals surface area contributed by atoms with Gasteiger partial charge in [-0.1, -0.05) is 12.8 Å². The van der Waals surface area contributed by atoms with Crippen LogP contribution in [0.3, 0.4) is 0 Å². The largest absolute Gasteiger partial charge is 0.369 e. The molecule has 0 aromatic heterocycles. The van der Waals surface area contributed by atoms with Crippen LogP contribution in [0.4, 0.5) is 10.1 Å². The van der Waals surface area contributed by atoms with Crippen molar-refractivity contribution in [3.05, 3.63) is 30.1 Å². The van der Waals surface area contributed by atoms with Crippen LogP contribution in [-0.4, -0.2) is 61.5 Å². The third kappa shape index (κ3) is 4.69. The minimum absolute atomic E-state index is 0.190. The molecule has 2 aliphatic heterocycles. The van der Waals surface area contributed by atoms with Gasteiger partial charge in [0.15, 0.2) is 0 Å². The molecular formula is C19H28FN3O. The molecule has 132 valence electrons. The van der Waals surface area contributed by atoms with Crippen molar-refractivity contribution >= 4 is 11.6 Å². The zero-order valence-electron chi connectivity index (χ0n) is 14.4. The molecule has 0 saturated carbocycles. The first kappa shape index (κ1) is 17.2. The van der Waals surface area contributed by atoms with Crippen molar-refractivity contribution in [2.24, 2.45) is 0 Å². The second-order valence-electron chi connectivity index (χ2n) is 6.85. The molecule has 0 aliphatic carbocycles. The van der Waals surface area contributed by atoms with Crippen molar-refractivity contribution in [3.8, 4) is 0 Å². The van der Waals surface area contributed by atoms with Gasteiger partial charge in [-0.25, -0.2) is 4.39 Å². The Hall–Kier alpha value is -1.62. The van der Waals surface area contributed by atoms with E-state index in [9.17, 15) is 9.18 Å². The molecule has 5 heteroatoms. The number of likely N-dealkylation sites (tertiary alicyclic amines) is 1. The molecular weight excluding hydrogens is 305 g/mol. The molecule has 0 N–H and O–H groups in total. The number of halogens is 1. The van der Waals surface area contributed by atoms with Crippen LogP contribution in [0.2, 0.25) is 0 Å². The summed E-state index contributed by atoms with van der Waals surface area (Å²) in [6.07, 6.45) is 5.46. The van der Waals surface area contributed by atoms with Gasteiger partial charge in [0.2, 0.25) is 5.91 Å². The van der Waals surface area contributed by atoms with E-state index in [-0.39, 0.29) is 5.82 Å². The summed E-state index contributed by atoms with van der Waals surface area (Å²) in [7, 11) is 0. The lowest BCUT2D eigenvalue weighted by Gasteiger charge is -2.36. The Morgan fingerprint density at radius 1 is 0.875 bits per heavy atom. The Morgan fingerprint density at radius 2 is 1.50 bits per heavy atom. The molecule has 3 rings (SSSR count). The van der Waals surface area contributed by atoms with Crippen LogP contribution in [0.1, 0.15) is 32.1 Å². The van der Waals surface area contributed by atoms with Crippen LogP contribution in [0.5, 0.6) is 0 Å². The molecule has 1 aromatic rings. The van der Waals surface area contributed by atoms with Gasteiger partial charge in [-0.05, 0) is 37.1 Å². The number of amides is 1. The van der Waals surface area contributed by atoms with Crippen molar-refractivity contribution in [1.82, 2.24) is 9.80 Å². The number of hydrogen-bond acceptors (Lipinski definition) is 3. The average Bonchev–Trinajstić information content (AvgIpc) is 2.90. The minimum Gasteiger partial charge on any atom is -0.369 e. The van der Waals surface area contributed by atoms with Crippen LogP contribution in [0.25, 0.3) is 0 Å². The van der Waals surface area contributed by atoms with Crippen molar-refractivity contribution in [2.45, 2.75) is 32.1 Å². The van der Waals surface area contributed by atoms with Gasteiger partial charge in [0.05, 0.1) is 0 Å². The molecule has 0 unspecified atom stereocenters. The Labute approximate surface area is 144 Å². The minimum atomic E-state index is -0.190. The van der Waals surface area contributed by atoms with E-state index < -0.39 is 0 Å². The van der Waals surface area contributed by atoms with Gasteiger partial charge in [0.1, 0.15) is 5.82 Å². The fraction of sp³-hybridized carbons (Fsp3) is 0.632. The highest BCUT2D eigenvalue weighted by Gasteiger charge is 2.20. The van der Waals surface area contributed by atoms with E-state index >= 15 is 0 Å². The first-order valence-electron chi connectivity index (χ1n) is 9.23. The number of benzene rings is 1. The Kier molecular flexibility index (Phi) is 6.07. The van der Waals surface area contributed by atoms with Crippen LogP contribution in [-0.2, 0) is 4.79 Å². The molecule has 2 fully saturated rings. The third-order valence-electron chi connectivity index (χ3n) is 5.16. The highest BCUT2D eigenvalue weighted by atomic mass is 19.1. The van der Waals surface area contributed by atoms with Crippen LogP contribution in [0, 0.1) is 5.82 Å². The maximum Gasteiger partial charge on any atom is 0.223 e. The standard InChI is InChI=1S/C19H28FN3O/c20-17-5-7-18(8-6-17)22-15-13-21(14-16-22)12-9-19(24)23-10-3-1-2-4-11-23/h5-8H,1-4,9-16H2. The lowest BCUT2D eigenvalue weighted by atomic mass is 10.2. The fourth-order valence-corrected chi connectivity index (χ4v) is 3.61. The van der Waals surface area contributed by atoms with Crippen LogP contribution >= 0.6 is 0 Å². The zero-order chi connectivity index (χ0) is 16.8. The summed E-state index contributed by atoms with van der Waals surface area (Å²) in [6.45, 7) is 6.53. The normalized spacial score (nSPS) is 20.0. The van der Waals surface area contributed by atoms with E-state index in [0.717, 1.165) is 64.3 Å². The number of anilines is 1. The van der Waals surface area contributed by atoms with Gasteiger partial charge in [0.25, 0.3) is 0 Å². The first-order valence-corrected chi connectivity index (χ1v) is 9.23. The monoisotopic (exact) mass is 333 g/mol. The van der Waals surface area contributed by atoms with Crippen molar-refractivity contribution in [1.29, 1.82) is 0 Å². The summed E-state index contributed by atoms with van der Waals surface area (Å²) < 4.78 is 13.0. The summed E-state index contributed by atoms with van der Waals surface area (Å²) in [5, 5.41) is 0. The van der Waals surface area contributed by atoms with Crippen molar-refractivity contribution in [2.75, 3.05) is 50.7 Å². The number of carbonyl (C=O) groups is 1. The second kappa shape index (κ2) is 8.47. The van der Waals surface area contributed by atoms with E-state index in [4.69, 9.17) is 0 Å². The predicted molar refractivity (Wildman–Crippen MR) is 94.7 cm³/mol. The molecule has 4 nitrogen and oxygen atoms in total. The summed E-state index contributed by atoms with van der Waals surface area (Å²) >= 11 is 0. The number of hydrogen-bond donors (Lipinski definition) is 0. The van der Waals surface area contributed by atoms with E-state index in [1.165, 1.54) is 25.0 Å². The SMILES string of the molecule is O=C(CCN1CCN(c2ccc(F)cc2)CC1)N1CCCCCC1. The molecule has 0 spiro atoms. The van der Waals surface area contributed by atoms with Crippen molar-refractivity contribution < 1.29 is 9.18 Å². The van der Waals surface area contributed by atoms with Crippen molar-refractivity contribution in [3.63, 3.8) is 0 Å². The van der Waals surface area contributed by atoms with Gasteiger partial charge >= 0.3 is 0 Å². The summed E-state index contributed by atoms with van der Waals surface area (Å²) in [4.78, 5) is 19.1. The lowest BCUT2D eigenvalue weighted by Crippen LogP contribution is -2.47. The topological polar surface area (TPSA) is 26.8 Å². The summed E-state index contributed by atoms with van der Waals surface area (Å²) in [5.74, 6) is 0.127. The molecule has 0 atom stereocenters. The highest BCUT2D eigenvalue weighted by Crippen LogP contribution is 2.17. The van der Waals surface area contributed by atoms with Gasteiger partial charge in [-0.15, -0.1) is 0 Å². The summed E-state index contributed by atoms with van der Waals surface area (Å²) in [6, 6.07) is 6.71. The third-order valence-corrected chi connectivity index (χ3v) is 5.16. The molecule has 2 aliphatic rings. The molecule has 2 saturated heterocycles. The molecule has 0 radical (unpaired) electrons. The van der Waals surface area contributed by atoms with Crippen LogP contribution in [0.15, 0.2) is 24.3 Å². The van der Waals surface area contributed by atoms with E-state index in [0.29, 0.717) is 12.3 Å². The quantitative estimate of drug-likeness (QED) is 0.848. The van der Waals surface area contributed by atoms with E-state index in [1.807, 2.05) is 12.1 Å². The molecule has 1 aromatic carbocycles. The lowest BCUT2D eigenvalue weighted by molar-refractivity contribution is -0.131. The predicted octanol–water partition coefficient (Wildman–Crippen LogP) is 2.74. The molecule has 24 heavy (non-hydrogen) atoms. The molecule has 0 bridgehead atoms. The highest BCUT2D eigenvalue weighted by molar-refractivity contribution is 5.76. The van der Waals surface area contributed by atoms with E-state index in [1.54, 1.807) is 0 Å². The fourth-order valence-electron chi connectivity index (χ4n) is 3.61. The second-order valence-corrected chi connectivity index (χ2v) is 6.85. The smallest absolute Gasteiger partial charge is 0.223 e. The summed E-state index contributed by atoms with van der Waals surface area (Å²) in [5.41, 5.74) is 1.08. The Bertz CT molecular complexity index is 518. The number of rotatable bonds is 4. The maximum absolute atomic E-state index is 13.0. The maximum atomic E-state index is 13.0. The Morgan fingerprint density at radius 3 is 2.12 bits per heavy atom. The van der Waals surface area contributed by atoms with Crippen LogP contribution < -0.4 is 4.90 Å². The average molecular weight is 333 g/mol. The number of carbonyl (C=O) groups excluding carboxylic acids is 1. The van der Waals surface area contributed by atoms with Gasteiger partial charge in [-0.2, -0.15) is 0 Å². The Balaban J connectivity index is 1.40. The van der Waals surface area contributed by atoms with Gasteiger partial charge < -0.3 is 9.80 Å². The molecule has 1 amide bonds. The van der Waals surface area contributed by atoms with Gasteiger partial charge in [-0.3, -0.25) is 9.69 Å². The van der Waals surface area contributed by atoms with E-state index in [2.05, 4.69) is 14.7 Å². The van der Waals surface area contributed by atoms with Gasteiger partial charge in [0, 0.05) is 57.9 Å². The number of nitrogens with zero attached hydrogens (tertiary/aromatic N) is 3. The first-order chi connectivity index (χ1) is 11.7.